The van der Waals surface area contributed by atoms with Gasteiger partial charge in [0, 0.05) is 25.3 Å². The molecule has 27 heavy (non-hydrogen) atoms. The standard InChI is InChI=1S/C16H20Cl2N6O3/c1-26-6-2-5-20-15-14(19)16(22-9-21-15)24-23-13(25)8-27-12-4-3-10(17)7-11(12)18/h3-4,7,9H,2,5-6,8,19H2,1H3,(H,23,25)(H2,20,21,22,24). The molecule has 0 unspecified atom stereocenters. The first kappa shape index (κ1) is 20.8. The second-order valence-corrected chi connectivity index (χ2v) is 6.14. The highest BCUT2D eigenvalue weighted by atomic mass is 35.5. The first-order valence-corrected chi connectivity index (χ1v) is 8.73. The average molecular weight is 415 g/mol. The Kier molecular flexibility index (Phi) is 8.18. The molecule has 1 aromatic carbocycles. The third kappa shape index (κ3) is 6.63. The predicted molar refractivity (Wildman–Crippen MR) is 105 cm³/mol. The zero-order valence-corrected chi connectivity index (χ0v) is 16.1. The molecule has 0 aliphatic heterocycles. The lowest BCUT2D eigenvalue weighted by Gasteiger charge is -2.13. The van der Waals surface area contributed by atoms with Gasteiger partial charge in [-0.3, -0.25) is 15.6 Å². The SMILES string of the molecule is COCCCNc1ncnc(NNC(=O)COc2ccc(Cl)cc2Cl)c1N. The molecule has 9 nitrogen and oxygen atoms in total. The fraction of sp³-hybridized carbons (Fsp3) is 0.312. The number of carbonyl (C=O) groups is 1. The van der Waals surface area contributed by atoms with Crippen LogP contribution in [0.15, 0.2) is 24.5 Å². The molecular weight excluding hydrogens is 395 g/mol. The Morgan fingerprint density at radius 2 is 2.04 bits per heavy atom. The number of nitrogens with zero attached hydrogens (tertiary/aromatic N) is 2. The van der Waals surface area contributed by atoms with Crippen LogP contribution in [0.5, 0.6) is 5.75 Å². The number of hydrogen-bond donors (Lipinski definition) is 4. The van der Waals surface area contributed by atoms with Crippen LogP contribution >= 0.6 is 23.2 Å². The van der Waals surface area contributed by atoms with Gasteiger partial charge in [-0.05, 0) is 24.6 Å². The Morgan fingerprint density at radius 3 is 2.78 bits per heavy atom. The van der Waals surface area contributed by atoms with E-state index in [1.165, 1.54) is 12.4 Å². The number of anilines is 3. The quantitative estimate of drug-likeness (QED) is 0.345. The van der Waals surface area contributed by atoms with Gasteiger partial charge >= 0.3 is 0 Å². The summed E-state index contributed by atoms with van der Waals surface area (Å²) >= 11 is 11.8. The minimum atomic E-state index is -0.450. The smallest absolute Gasteiger partial charge is 0.276 e. The summed E-state index contributed by atoms with van der Waals surface area (Å²) in [5.74, 6) is 0.619. The van der Waals surface area contributed by atoms with Crippen molar-refractivity contribution in [3.05, 3.63) is 34.6 Å². The fourth-order valence-corrected chi connectivity index (χ4v) is 2.42. The summed E-state index contributed by atoms with van der Waals surface area (Å²) in [6, 6.07) is 4.72. The monoisotopic (exact) mass is 414 g/mol. The number of nitrogen functional groups attached to an aromatic ring is 1. The topological polar surface area (TPSA) is 123 Å². The number of methoxy groups -OCH3 is 1. The van der Waals surface area contributed by atoms with Gasteiger partial charge in [0.2, 0.25) is 0 Å². The van der Waals surface area contributed by atoms with E-state index in [0.717, 1.165) is 6.42 Å². The Balaban J connectivity index is 1.83. The Morgan fingerprint density at radius 1 is 1.26 bits per heavy atom. The van der Waals surface area contributed by atoms with Crippen LogP contribution in [0.2, 0.25) is 10.0 Å². The van der Waals surface area contributed by atoms with Crippen molar-refractivity contribution in [2.75, 3.05) is 43.3 Å². The molecule has 2 rings (SSSR count). The molecule has 0 aliphatic rings. The van der Waals surface area contributed by atoms with Crippen molar-refractivity contribution >= 4 is 46.4 Å². The zero-order chi connectivity index (χ0) is 19.6. The molecule has 0 fully saturated rings. The maximum atomic E-state index is 11.9. The van der Waals surface area contributed by atoms with E-state index in [2.05, 4.69) is 26.1 Å². The number of rotatable bonds is 10. The molecule has 1 amide bonds. The number of aromatic nitrogens is 2. The Hall–Kier alpha value is -2.49. The van der Waals surface area contributed by atoms with Crippen molar-refractivity contribution < 1.29 is 14.3 Å². The van der Waals surface area contributed by atoms with Gasteiger partial charge in [-0.15, -0.1) is 0 Å². The molecular formula is C16H20Cl2N6O3. The molecule has 2 aromatic rings. The van der Waals surface area contributed by atoms with E-state index in [-0.39, 0.29) is 18.1 Å². The van der Waals surface area contributed by atoms with Crippen LogP contribution < -0.4 is 26.6 Å². The normalized spacial score (nSPS) is 10.3. The van der Waals surface area contributed by atoms with Crippen molar-refractivity contribution in [2.24, 2.45) is 0 Å². The van der Waals surface area contributed by atoms with E-state index < -0.39 is 5.91 Å². The minimum absolute atomic E-state index is 0.261. The number of halogens is 2. The van der Waals surface area contributed by atoms with Crippen LogP contribution in [-0.2, 0) is 9.53 Å². The number of hydrazine groups is 1. The lowest BCUT2D eigenvalue weighted by molar-refractivity contribution is -0.122. The summed E-state index contributed by atoms with van der Waals surface area (Å²) in [5, 5.41) is 3.86. The fourth-order valence-electron chi connectivity index (χ4n) is 1.96. The maximum absolute atomic E-state index is 11.9. The van der Waals surface area contributed by atoms with Gasteiger partial charge in [0.05, 0.1) is 5.02 Å². The molecule has 0 radical (unpaired) electrons. The predicted octanol–water partition coefficient (Wildman–Crippen LogP) is 2.34. The summed E-state index contributed by atoms with van der Waals surface area (Å²) < 4.78 is 10.3. The summed E-state index contributed by atoms with van der Waals surface area (Å²) in [4.78, 5) is 20.0. The van der Waals surface area contributed by atoms with Crippen LogP contribution in [0.1, 0.15) is 6.42 Å². The molecule has 146 valence electrons. The summed E-state index contributed by atoms with van der Waals surface area (Å²) in [6.07, 6.45) is 2.12. The van der Waals surface area contributed by atoms with E-state index in [1.54, 1.807) is 19.2 Å². The number of benzene rings is 1. The lowest BCUT2D eigenvalue weighted by atomic mass is 10.3. The molecule has 0 saturated carbocycles. The Bertz CT molecular complexity index is 778. The highest BCUT2D eigenvalue weighted by molar-refractivity contribution is 6.35. The highest BCUT2D eigenvalue weighted by Crippen LogP contribution is 2.27. The van der Waals surface area contributed by atoms with E-state index >= 15 is 0 Å². The molecule has 0 atom stereocenters. The van der Waals surface area contributed by atoms with Gasteiger partial charge in [-0.2, -0.15) is 0 Å². The second-order valence-electron chi connectivity index (χ2n) is 5.29. The largest absolute Gasteiger partial charge is 0.482 e. The summed E-state index contributed by atoms with van der Waals surface area (Å²) in [7, 11) is 1.63. The van der Waals surface area contributed by atoms with E-state index in [9.17, 15) is 4.79 Å². The first-order valence-electron chi connectivity index (χ1n) is 7.97. The van der Waals surface area contributed by atoms with Crippen LogP contribution in [0.25, 0.3) is 0 Å². The lowest BCUT2D eigenvalue weighted by Crippen LogP contribution is -2.34. The van der Waals surface area contributed by atoms with Crippen molar-refractivity contribution in [2.45, 2.75) is 6.42 Å². The van der Waals surface area contributed by atoms with Crippen molar-refractivity contribution in [3.63, 3.8) is 0 Å². The van der Waals surface area contributed by atoms with E-state index in [1.807, 2.05) is 0 Å². The van der Waals surface area contributed by atoms with Gasteiger partial charge in [0.1, 0.15) is 17.8 Å². The van der Waals surface area contributed by atoms with E-state index in [4.69, 9.17) is 38.4 Å². The van der Waals surface area contributed by atoms with Crippen LogP contribution in [-0.4, -0.2) is 42.7 Å². The third-order valence-electron chi connectivity index (χ3n) is 3.27. The van der Waals surface area contributed by atoms with Crippen molar-refractivity contribution in [1.29, 1.82) is 0 Å². The summed E-state index contributed by atoms with van der Waals surface area (Å²) in [5.41, 5.74) is 11.3. The maximum Gasteiger partial charge on any atom is 0.276 e. The molecule has 0 saturated heterocycles. The van der Waals surface area contributed by atoms with Crippen LogP contribution in [0, 0.1) is 0 Å². The van der Waals surface area contributed by atoms with E-state index in [0.29, 0.717) is 34.8 Å². The molecule has 0 aliphatic carbocycles. The van der Waals surface area contributed by atoms with Crippen LogP contribution in [0.4, 0.5) is 17.3 Å². The number of nitrogens with two attached hydrogens (primary N) is 1. The van der Waals surface area contributed by atoms with Crippen LogP contribution in [0.3, 0.4) is 0 Å². The first-order chi connectivity index (χ1) is 13.0. The van der Waals surface area contributed by atoms with Gasteiger partial charge < -0.3 is 20.5 Å². The highest BCUT2D eigenvalue weighted by Gasteiger charge is 2.10. The van der Waals surface area contributed by atoms with Crippen molar-refractivity contribution in [1.82, 2.24) is 15.4 Å². The van der Waals surface area contributed by atoms with Gasteiger partial charge in [0.25, 0.3) is 5.91 Å². The zero-order valence-electron chi connectivity index (χ0n) is 14.6. The summed E-state index contributed by atoms with van der Waals surface area (Å²) in [6.45, 7) is 0.995. The van der Waals surface area contributed by atoms with Gasteiger partial charge in [-0.25, -0.2) is 9.97 Å². The molecule has 0 bridgehead atoms. The van der Waals surface area contributed by atoms with Gasteiger partial charge in [-0.1, -0.05) is 23.2 Å². The Labute approximate surface area is 166 Å². The molecule has 1 heterocycles. The minimum Gasteiger partial charge on any atom is -0.482 e. The number of ether oxygens (including phenoxy) is 2. The molecule has 1 aromatic heterocycles. The van der Waals surface area contributed by atoms with Gasteiger partial charge in [0.15, 0.2) is 18.2 Å². The third-order valence-corrected chi connectivity index (χ3v) is 3.81. The number of carbonyl (C=O) groups excluding carboxylic acids is 1. The van der Waals surface area contributed by atoms with Crippen molar-refractivity contribution in [3.8, 4) is 5.75 Å². The second kappa shape index (κ2) is 10.6. The number of hydrogen-bond acceptors (Lipinski definition) is 8. The average Bonchev–Trinajstić information content (AvgIpc) is 2.64. The number of amides is 1. The molecule has 0 spiro atoms. The molecule has 5 N–H and O–H groups in total. The molecule has 11 heteroatoms. The number of nitrogens with one attached hydrogen (secondary N) is 3.